The van der Waals surface area contributed by atoms with E-state index < -0.39 is 5.97 Å². The Hall–Kier alpha value is -2.55. The Bertz CT molecular complexity index is 505. The van der Waals surface area contributed by atoms with E-state index in [-0.39, 0.29) is 19.1 Å². The van der Waals surface area contributed by atoms with E-state index in [1.807, 2.05) is 13.0 Å². The third-order valence-corrected chi connectivity index (χ3v) is 2.52. The summed E-state index contributed by atoms with van der Waals surface area (Å²) in [6, 6.07) is 8.59. The number of unbranched alkanes of at least 4 members (excludes halogenated alkanes) is 1. The standard InChI is InChI=1S/C15H18N2O4/c1-2-20-13-7-5-12(6-8-13)15(19)17-11-14(18)21-10-4-3-9-16/h5-8H,2-4,10-11H2,1H3,(H,17,19). The topological polar surface area (TPSA) is 88.4 Å². The van der Waals surface area contributed by atoms with Gasteiger partial charge in [-0.1, -0.05) is 0 Å². The highest BCUT2D eigenvalue weighted by molar-refractivity contribution is 5.95. The van der Waals surface area contributed by atoms with Gasteiger partial charge in [-0.15, -0.1) is 0 Å². The first-order valence-electron chi connectivity index (χ1n) is 6.71. The van der Waals surface area contributed by atoms with Gasteiger partial charge in [-0.3, -0.25) is 9.59 Å². The average Bonchev–Trinajstić information content (AvgIpc) is 2.50. The Morgan fingerprint density at radius 1 is 1.29 bits per heavy atom. The molecule has 1 rings (SSSR count). The number of hydrogen-bond donors (Lipinski definition) is 1. The van der Waals surface area contributed by atoms with Gasteiger partial charge in [0.25, 0.3) is 5.91 Å². The first kappa shape index (κ1) is 16.5. The predicted molar refractivity (Wildman–Crippen MR) is 75.8 cm³/mol. The van der Waals surface area contributed by atoms with Crippen LogP contribution >= 0.6 is 0 Å². The van der Waals surface area contributed by atoms with Gasteiger partial charge in [0.05, 0.1) is 19.3 Å². The van der Waals surface area contributed by atoms with Gasteiger partial charge in [0.15, 0.2) is 0 Å². The summed E-state index contributed by atoms with van der Waals surface area (Å²) in [4.78, 5) is 23.1. The Balaban J connectivity index is 2.32. The van der Waals surface area contributed by atoms with Crippen molar-refractivity contribution in [2.24, 2.45) is 0 Å². The van der Waals surface area contributed by atoms with E-state index >= 15 is 0 Å². The molecular formula is C15H18N2O4. The van der Waals surface area contributed by atoms with Crippen LogP contribution in [0.4, 0.5) is 0 Å². The Kier molecular flexibility index (Phi) is 7.36. The summed E-state index contributed by atoms with van der Waals surface area (Å²) in [5, 5.41) is 10.8. The van der Waals surface area contributed by atoms with Gasteiger partial charge in [0.1, 0.15) is 12.3 Å². The van der Waals surface area contributed by atoms with Crippen molar-refractivity contribution in [3.05, 3.63) is 29.8 Å². The van der Waals surface area contributed by atoms with Crippen LogP contribution in [0.1, 0.15) is 30.1 Å². The molecule has 0 aliphatic rings. The second-order valence-corrected chi connectivity index (χ2v) is 4.12. The van der Waals surface area contributed by atoms with Crippen molar-refractivity contribution in [1.29, 1.82) is 5.26 Å². The molecule has 1 aromatic carbocycles. The highest BCUT2D eigenvalue weighted by Gasteiger charge is 2.08. The molecule has 0 aliphatic heterocycles. The molecule has 0 bridgehead atoms. The van der Waals surface area contributed by atoms with Gasteiger partial charge in [-0.25, -0.2) is 0 Å². The van der Waals surface area contributed by atoms with E-state index in [0.717, 1.165) is 0 Å². The lowest BCUT2D eigenvalue weighted by atomic mass is 10.2. The van der Waals surface area contributed by atoms with E-state index in [1.165, 1.54) is 0 Å². The van der Waals surface area contributed by atoms with Gasteiger partial charge < -0.3 is 14.8 Å². The quantitative estimate of drug-likeness (QED) is 0.581. The van der Waals surface area contributed by atoms with Crippen LogP contribution in [0.15, 0.2) is 24.3 Å². The summed E-state index contributed by atoms with van der Waals surface area (Å²) < 4.78 is 10.1. The highest BCUT2D eigenvalue weighted by Crippen LogP contribution is 2.11. The second-order valence-electron chi connectivity index (χ2n) is 4.12. The fourth-order valence-corrected chi connectivity index (χ4v) is 1.51. The lowest BCUT2D eigenvalue weighted by Crippen LogP contribution is -2.30. The minimum atomic E-state index is -0.521. The Labute approximate surface area is 123 Å². The van der Waals surface area contributed by atoms with Crippen LogP contribution in [0.2, 0.25) is 0 Å². The van der Waals surface area contributed by atoms with Crippen molar-refractivity contribution in [2.75, 3.05) is 19.8 Å². The lowest BCUT2D eigenvalue weighted by molar-refractivity contribution is -0.142. The molecule has 0 radical (unpaired) electrons. The van der Waals surface area contributed by atoms with Crippen molar-refractivity contribution in [3.8, 4) is 11.8 Å². The normalized spacial score (nSPS) is 9.52. The summed E-state index contributed by atoms with van der Waals surface area (Å²) in [7, 11) is 0. The van der Waals surface area contributed by atoms with Crippen LogP contribution in [0.5, 0.6) is 5.75 Å². The molecule has 0 fully saturated rings. The third-order valence-electron chi connectivity index (χ3n) is 2.52. The maximum absolute atomic E-state index is 11.8. The lowest BCUT2D eigenvalue weighted by Gasteiger charge is -2.07. The molecule has 0 heterocycles. The zero-order chi connectivity index (χ0) is 15.5. The van der Waals surface area contributed by atoms with E-state index in [2.05, 4.69) is 5.32 Å². The number of rotatable bonds is 8. The van der Waals surface area contributed by atoms with E-state index in [4.69, 9.17) is 14.7 Å². The molecule has 0 saturated carbocycles. The molecule has 1 aromatic rings. The number of amides is 1. The summed E-state index contributed by atoms with van der Waals surface area (Å²) in [6.07, 6.45) is 0.834. The molecule has 112 valence electrons. The molecule has 0 unspecified atom stereocenters. The molecule has 0 spiro atoms. The van der Waals surface area contributed by atoms with Crippen molar-refractivity contribution in [2.45, 2.75) is 19.8 Å². The van der Waals surface area contributed by atoms with Crippen molar-refractivity contribution < 1.29 is 19.1 Å². The number of nitriles is 1. The van der Waals surface area contributed by atoms with E-state index in [1.54, 1.807) is 24.3 Å². The summed E-state index contributed by atoms with van der Waals surface area (Å²) >= 11 is 0. The van der Waals surface area contributed by atoms with Gasteiger partial charge in [0.2, 0.25) is 0 Å². The molecule has 0 saturated heterocycles. The zero-order valence-electron chi connectivity index (χ0n) is 11.9. The van der Waals surface area contributed by atoms with Crippen LogP contribution in [0.3, 0.4) is 0 Å². The number of benzene rings is 1. The molecular weight excluding hydrogens is 272 g/mol. The summed E-state index contributed by atoms with van der Waals surface area (Å²) in [5.41, 5.74) is 0.440. The molecule has 6 heteroatoms. The summed E-state index contributed by atoms with van der Waals surface area (Å²) in [6.45, 7) is 2.43. The first-order valence-corrected chi connectivity index (χ1v) is 6.71. The van der Waals surface area contributed by atoms with Crippen LogP contribution in [0, 0.1) is 11.3 Å². The van der Waals surface area contributed by atoms with Crippen molar-refractivity contribution in [1.82, 2.24) is 5.32 Å². The van der Waals surface area contributed by atoms with Crippen LogP contribution in [-0.4, -0.2) is 31.6 Å². The molecule has 6 nitrogen and oxygen atoms in total. The zero-order valence-corrected chi connectivity index (χ0v) is 11.9. The number of esters is 1. The minimum Gasteiger partial charge on any atom is -0.494 e. The fourth-order valence-electron chi connectivity index (χ4n) is 1.51. The smallest absolute Gasteiger partial charge is 0.325 e. The second kappa shape index (κ2) is 9.37. The molecule has 0 aromatic heterocycles. The van der Waals surface area contributed by atoms with Gasteiger partial charge >= 0.3 is 5.97 Å². The van der Waals surface area contributed by atoms with Gasteiger partial charge in [-0.05, 0) is 37.6 Å². The SMILES string of the molecule is CCOc1ccc(C(=O)NCC(=O)OCCCC#N)cc1. The highest BCUT2D eigenvalue weighted by atomic mass is 16.5. The number of nitrogens with one attached hydrogen (secondary N) is 1. The third kappa shape index (κ3) is 6.43. The number of carbonyl (C=O) groups excluding carboxylic acids is 2. The fraction of sp³-hybridized carbons (Fsp3) is 0.400. The maximum atomic E-state index is 11.8. The van der Waals surface area contributed by atoms with Crippen LogP contribution in [-0.2, 0) is 9.53 Å². The van der Waals surface area contributed by atoms with Gasteiger partial charge in [0, 0.05) is 12.0 Å². The van der Waals surface area contributed by atoms with Crippen molar-refractivity contribution >= 4 is 11.9 Å². The first-order chi connectivity index (χ1) is 10.2. The van der Waals surface area contributed by atoms with E-state index in [9.17, 15) is 9.59 Å². The molecule has 0 atom stereocenters. The Morgan fingerprint density at radius 2 is 2.00 bits per heavy atom. The Morgan fingerprint density at radius 3 is 2.62 bits per heavy atom. The molecule has 0 aliphatic carbocycles. The van der Waals surface area contributed by atoms with Crippen LogP contribution < -0.4 is 10.1 Å². The number of hydrogen-bond acceptors (Lipinski definition) is 5. The number of nitrogens with zero attached hydrogens (tertiary/aromatic N) is 1. The molecule has 21 heavy (non-hydrogen) atoms. The van der Waals surface area contributed by atoms with Crippen LogP contribution in [0.25, 0.3) is 0 Å². The molecule has 1 N–H and O–H groups in total. The number of ether oxygens (including phenoxy) is 2. The monoisotopic (exact) mass is 290 g/mol. The van der Waals surface area contributed by atoms with E-state index in [0.29, 0.717) is 30.8 Å². The largest absolute Gasteiger partial charge is 0.494 e. The number of carbonyl (C=O) groups is 2. The summed E-state index contributed by atoms with van der Waals surface area (Å²) in [5.74, 6) is -0.190. The van der Waals surface area contributed by atoms with Crippen molar-refractivity contribution in [3.63, 3.8) is 0 Å². The average molecular weight is 290 g/mol. The molecule has 1 amide bonds. The maximum Gasteiger partial charge on any atom is 0.325 e. The predicted octanol–water partition coefficient (Wildman–Crippen LogP) is 1.66. The minimum absolute atomic E-state index is 0.186. The van der Waals surface area contributed by atoms with Gasteiger partial charge in [-0.2, -0.15) is 5.26 Å².